The van der Waals surface area contributed by atoms with Crippen molar-refractivity contribution in [3.8, 4) is 11.6 Å². The number of pyridine rings is 1. The number of ether oxygens (including phenoxy) is 3. The molecular weight excluding hydrogens is 507 g/mol. The minimum absolute atomic E-state index is 0. The van der Waals surface area contributed by atoms with E-state index in [1.54, 1.807) is 13.3 Å². The normalized spacial score (nSPS) is 11.1. The summed E-state index contributed by atoms with van der Waals surface area (Å²) >= 11 is 0. The molecule has 0 unspecified atom stereocenters. The first-order valence-corrected chi connectivity index (χ1v) is 10.4. The molecule has 0 saturated heterocycles. The Bertz CT molecular complexity index is 798. The van der Waals surface area contributed by atoms with Crippen molar-refractivity contribution in [3.05, 3.63) is 53.2 Å². The van der Waals surface area contributed by atoms with Gasteiger partial charge >= 0.3 is 0 Å². The predicted molar refractivity (Wildman–Crippen MR) is 136 cm³/mol. The van der Waals surface area contributed by atoms with Crippen LogP contribution in [0.3, 0.4) is 0 Å². The average molecular weight is 542 g/mol. The lowest BCUT2D eigenvalue weighted by molar-refractivity contribution is 0.145. The molecule has 0 amide bonds. The second-order valence-corrected chi connectivity index (χ2v) is 7.17. The third kappa shape index (κ3) is 10.2. The van der Waals surface area contributed by atoms with Crippen LogP contribution >= 0.6 is 24.0 Å². The first kappa shape index (κ1) is 27.0. The van der Waals surface area contributed by atoms with Crippen LogP contribution in [-0.4, -0.2) is 43.9 Å². The van der Waals surface area contributed by atoms with Gasteiger partial charge in [-0.15, -0.1) is 24.0 Å². The minimum atomic E-state index is 0. The van der Waals surface area contributed by atoms with Gasteiger partial charge in [0.2, 0.25) is 5.88 Å². The monoisotopic (exact) mass is 542 g/mol. The number of benzene rings is 1. The summed E-state index contributed by atoms with van der Waals surface area (Å²) in [6, 6.07) is 10.1. The van der Waals surface area contributed by atoms with Crippen LogP contribution in [0.15, 0.2) is 41.5 Å². The highest BCUT2D eigenvalue weighted by Crippen LogP contribution is 2.20. The van der Waals surface area contributed by atoms with Crippen LogP contribution in [0.2, 0.25) is 0 Å². The van der Waals surface area contributed by atoms with E-state index in [2.05, 4.69) is 39.7 Å². The Morgan fingerprint density at radius 3 is 2.58 bits per heavy atom. The number of guanidine groups is 1. The molecule has 0 saturated carbocycles. The largest absolute Gasteiger partial charge is 0.491 e. The van der Waals surface area contributed by atoms with E-state index in [-0.39, 0.29) is 30.1 Å². The number of rotatable bonds is 11. The fourth-order valence-electron chi connectivity index (χ4n) is 2.68. The summed E-state index contributed by atoms with van der Waals surface area (Å²) < 4.78 is 16.5. The molecule has 0 bridgehead atoms. The van der Waals surface area contributed by atoms with Crippen molar-refractivity contribution >= 4 is 29.9 Å². The molecule has 7 nitrogen and oxygen atoms in total. The van der Waals surface area contributed by atoms with Crippen molar-refractivity contribution in [2.45, 2.75) is 46.9 Å². The highest BCUT2D eigenvalue weighted by molar-refractivity contribution is 14.0. The van der Waals surface area contributed by atoms with Gasteiger partial charge in [0.25, 0.3) is 0 Å². The Kier molecular flexibility index (Phi) is 12.9. The quantitative estimate of drug-likeness (QED) is 0.193. The van der Waals surface area contributed by atoms with Gasteiger partial charge in [0.1, 0.15) is 12.4 Å². The zero-order valence-corrected chi connectivity index (χ0v) is 21.4. The Labute approximate surface area is 203 Å². The van der Waals surface area contributed by atoms with Crippen molar-refractivity contribution in [2.24, 2.45) is 4.99 Å². The van der Waals surface area contributed by atoms with E-state index in [1.807, 2.05) is 39.0 Å². The molecule has 1 aromatic heterocycles. The van der Waals surface area contributed by atoms with Crippen LogP contribution in [-0.2, 0) is 17.8 Å². The molecular formula is C23H35IN4O3. The van der Waals surface area contributed by atoms with Gasteiger partial charge in [-0.3, -0.25) is 0 Å². The molecule has 1 heterocycles. The molecule has 31 heavy (non-hydrogen) atoms. The van der Waals surface area contributed by atoms with Crippen molar-refractivity contribution in [2.75, 3.05) is 26.9 Å². The summed E-state index contributed by atoms with van der Waals surface area (Å²) in [6.45, 7) is 11.0. The third-order valence-corrected chi connectivity index (χ3v) is 4.13. The number of aromatic nitrogens is 1. The number of hydrogen-bond acceptors (Lipinski definition) is 5. The molecule has 0 aliphatic rings. The van der Waals surface area contributed by atoms with Crippen LogP contribution in [0, 0.1) is 6.92 Å². The van der Waals surface area contributed by atoms with E-state index in [0.717, 1.165) is 34.9 Å². The molecule has 172 valence electrons. The molecule has 0 radical (unpaired) electrons. The second kappa shape index (κ2) is 14.9. The molecule has 0 aliphatic carbocycles. The summed E-state index contributed by atoms with van der Waals surface area (Å²) in [4.78, 5) is 9.00. The van der Waals surface area contributed by atoms with Crippen molar-refractivity contribution in [1.82, 2.24) is 15.6 Å². The molecule has 0 atom stereocenters. The summed E-state index contributed by atoms with van der Waals surface area (Å²) in [7, 11) is 1.67. The number of aryl methyl sites for hydroxylation is 1. The molecule has 8 heteroatoms. The van der Waals surface area contributed by atoms with Gasteiger partial charge in [0.15, 0.2) is 5.96 Å². The van der Waals surface area contributed by atoms with E-state index in [4.69, 9.17) is 14.2 Å². The molecule has 2 N–H and O–H groups in total. The van der Waals surface area contributed by atoms with Crippen LogP contribution in [0.5, 0.6) is 11.6 Å². The molecule has 0 spiro atoms. The molecule has 2 rings (SSSR count). The summed E-state index contributed by atoms with van der Waals surface area (Å²) in [6.07, 6.45) is 1.91. The number of aliphatic imine (C=N–C) groups is 1. The highest BCUT2D eigenvalue weighted by Gasteiger charge is 2.06. The van der Waals surface area contributed by atoms with E-state index in [1.165, 1.54) is 0 Å². The number of methoxy groups -OCH3 is 1. The van der Waals surface area contributed by atoms with E-state index < -0.39 is 0 Å². The van der Waals surface area contributed by atoms with Crippen LogP contribution in [0.4, 0.5) is 0 Å². The van der Waals surface area contributed by atoms with Crippen LogP contribution in [0.25, 0.3) is 0 Å². The highest BCUT2D eigenvalue weighted by atomic mass is 127. The van der Waals surface area contributed by atoms with Gasteiger partial charge in [-0.25, -0.2) is 9.98 Å². The smallest absolute Gasteiger partial charge is 0.213 e. The zero-order valence-electron chi connectivity index (χ0n) is 19.1. The SMILES string of the molecule is CCNC(=NCc1ccc(OC(C)C)nc1)NCc1ccc(C)cc1OCCOC.I. The second-order valence-electron chi connectivity index (χ2n) is 7.17. The topological polar surface area (TPSA) is 77.0 Å². The summed E-state index contributed by atoms with van der Waals surface area (Å²) in [5, 5.41) is 6.65. The molecule has 2 aromatic rings. The molecule has 0 fully saturated rings. The number of hydrogen-bond donors (Lipinski definition) is 2. The first-order chi connectivity index (χ1) is 14.5. The van der Waals surface area contributed by atoms with Gasteiger partial charge in [-0.2, -0.15) is 0 Å². The fourth-order valence-corrected chi connectivity index (χ4v) is 2.68. The van der Waals surface area contributed by atoms with Crippen molar-refractivity contribution < 1.29 is 14.2 Å². The van der Waals surface area contributed by atoms with Gasteiger partial charge in [-0.1, -0.05) is 18.2 Å². The Morgan fingerprint density at radius 1 is 1.13 bits per heavy atom. The first-order valence-electron chi connectivity index (χ1n) is 10.4. The maximum Gasteiger partial charge on any atom is 0.213 e. The van der Waals surface area contributed by atoms with Gasteiger partial charge in [0.05, 0.1) is 19.3 Å². The minimum Gasteiger partial charge on any atom is -0.491 e. The number of halogens is 1. The summed E-state index contributed by atoms with van der Waals surface area (Å²) in [5.41, 5.74) is 3.24. The Balaban J connectivity index is 0.00000480. The van der Waals surface area contributed by atoms with E-state index >= 15 is 0 Å². The van der Waals surface area contributed by atoms with Crippen molar-refractivity contribution in [3.63, 3.8) is 0 Å². The van der Waals surface area contributed by atoms with Crippen LogP contribution < -0.4 is 20.1 Å². The fraction of sp³-hybridized carbons (Fsp3) is 0.478. The molecule has 0 aliphatic heterocycles. The van der Waals surface area contributed by atoms with Gasteiger partial charge < -0.3 is 24.8 Å². The average Bonchev–Trinajstić information content (AvgIpc) is 2.72. The number of nitrogens with zero attached hydrogens (tertiary/aromatic N) is 2. The van der Waals surface area contributed by atoms with E-state index in [9.17, 15) is 0 Å². The van der Waals surface area contributed by atoms with Crippen molar-refractivity contribution in [1.29, 1.82) is 0 Å². The standard InChI is InChI=1S/C23H34N4O3.HI/c1-6-24-23(26-15-19-8-10-22(25-14-19)30-17(2)3)27-16-20-9-7-18(4)13-21(20)29-12-11-28-5;/h7-10,13-14,17H,6,11-12,15-16H2,1-5H3,(H2,24,26,27);1H. The third-order valence-electron chi connectivity index (χ3n) is 4.13. The Morgan fingerprint density at radius 2 is 1.94 bits per heavy atom. The molecule has 1 aromatic carbocycles. The predicted octanol–water partition coefficient (Wildman–Crippen LogP) is 4.08. The maximum absolute atomic E-state index is 5.87. The van der Waals surface area contributed by atoms with Crippen LogP contribution in [0.1, 0.15) is 37.5 Å². The lowest BCUT2D eigenvalue weighted by Gasteiger charge is -2.15. The van der Waals surface area contributed by atoms with E-state index in [0.29, 0.717) is 32.2 Å². The Hall–Kier alpha value is -2.07. The lowest BCUT2D eigenvalue weighted by Crippen LogP contribution is -2.36. The number of nitrogens with one attached hydrogen (secondary N) is 2. The summed E-state index contributed by atoms with van der Waals surface area (Å²) in [5.74, 6) is 2.23. The van der Waals surface area contributed by atoms with Gasteiger partial charge in [-0.05, 0) is 44.9 Å². The van der Waals surface area contributed by atoms with Gasteiger partial charge in [0, 0.05) is 38.0 Å². The maximum atomic E-state index is 5.87. The zero-order chi connectivity index (χ0) is 21.8. The lowest BCUT2D eigenvalue weighted by atomic mass is 10.1.